The molecule has 1 amide bonds. The van der Waals surface area contributed by atoms with Gasteiger partial charge in [-0.05, 0) is 45.6 Å². The Morgan fingerprint density at radius 3 is 3.00 bits per heavy atom. The van der Waals surface area contributed by atoms with E-state index in [4.69, 9.17) is 4.74 Å². The van der Waals surface area contributed by atoms with Gasteiger partial charge >= 0.3 is 0 Å². The average Bonchev–Trinajstić information content (AvgIpc) is 3.01. The molecule has 5 nitrogen and oxygen atoms in total. The van der Waals surface area contributed by atoms with Gasteiger partial charge in [-0.1, -0.05) is 5.57 Å². The van der Waals surface area contributed by atoms with Crippen LogP contribution in [0.2, 0.25) is 0 Å². The topological polar surface area (TPSA) is 56.1 Å². The third-order valence-corrected chi connectivity index (χ3v) is 4.23. The van der Waals surface area contributed by atoms with Crippen molar-refractivity contribution in [2.24, 2.45) is 0 Å². The van der Waals surface area contributed by atoms with E-state index in [1.54, 1.807) is 12.3 Å². The van der Waals surface area contributed by atoms with Gasteiger partial charge in [-0.25, -0.2) is 0 Å². The molecule has 2 aliphatic rings. The van der Waals surface area contributed by atoms with E-state index in [0.717, 1.165) is 25.0 Å². The summed E-state index contributed by atoms with van der Waals surface area (Å²) >= 11 is 0. The number of carbonyl (C=O) groups excluding carboxylic acids is 1. The zero-order chi connectivity index (χ0) is 14.8. The lowest BCUT2D eigenvalue weighted by Gasteiger charge is -2.22. The van der Waals surface area contributed by atoms with Gasteiger partial charge in [0.15, 0.2) is 0 Å². The lowest BCUT2D eigenvalue weighted by molar-refractivity contribution is -0.117. The van der Waals surface area contributed by atoms with Crippen LogP contribution in [-0.4, -0.2) is 28.3 Å². The molecule has 0 radical (unpaired) electrons. The zero-order valence-corrected chi connectivity index (χ0v) is 12.7. The smallest absolute Gasteiger partial charge is 0.244 e. The summed E-state index contributed by atoms with van der Waals surface area (Å²) in [5, 5.41) is 7.46. The van der Waals surface area contributed by atoms with Crippen LogP contribution >= 0.6 is 0 Å². The summed E-state index contributed by atoms with van der Waals surface area (Å²) in [6.45, 7) is 4.87. The highest BCUT2D eigenvalue weighted by molar-refractivity contribution is 5.88. The van der Waals surface area contributed by atoms with Gasteiger partial charge in [-0.15, -0.1) is 0 Å². The van der Waals surface area contributed by atoms with Crippen LogP contribution < -0.4 is 5.32 Å². The molecule has 0 aromatic carbocycles. The average molecular weight is 289 g/mol. The first-order chi connectivity index (χ1) is 10.1. The molecule has 1 aliphatic heterocycles. The van der Waals surface area contributed by atoms with Crippen LogP contribution in [-0.2, 0) is 9.53 Å². The first-order valence-electron chi connectivity index (χ1n) is 7.80. The van der Waals surface area contributed by atoms with Crippen molar-refractivity contribution in [1.29, 1.82) is 0 Å². The second-order valence-corrected chi connectivity index (χ2v) is 6.15. The molecule has 5 heteroatoms. The van der Waals surface area contributed by atoms with Crippen molar-refractivity contribution in [1.82, 2.24) is 15.1 Å². The van der Waals surface area contributed by atoms with E-state index in [1.807, 2.05) is 10.7 Å². The highest BCUT2D eigenvalue weighted by Gasteiger charge is 2.33. The van der Waals surface area contributed by atoms with E-state index in [0.29, 0.717) is 6.61 Å². The van der Waals surface area contributed by atoms with E-state index < -0.39 is 0 Å². The van der Waals surface area contributed by atoms with E-state index in [9.17, 15) is 4.79 Å². The number of hydrogen-bond acceptors (Lipinski definition) is 3. The highest BCUT2D eigenvalue weighted by atomic mass is 16.5. The summed E-state index contributed by atoms with van der Waals surface area (Å²) in [4.78, 5) is 12.1. The SMILES string of the molecule is CC(C)n1nccc1[C@H]1OCC[C@@H]1NC(=O)C=C1CCC1. The maximum absolute atomic E-state index is 12.1. The number of ether oxygens (including phenoxy) is 1. The van der Waals surface area contributed by atoms with Gasteiger partial charge in [-0.2, -0.15) is 5.10 Å². The number of amides is 1. The van der Waals surface area contributed by atoms with E-state index in [1.165, 1.54) is 12.0 Å². The number of nitrogens with zero attached hydrogens (tertiary/aromatic N) is 2. The number of carbonyl (C=O) groups is 1. The lowest BCUT2D eigenvalue weighted by Crippen LogP contribution is -2.37. The van der Waals surface area contributed by atoms with E-state index in [2.05, 4.69) is 24.3 Å². The number of allylic oxidation sites excluding steroid dienone is 1. The second-order valence-electron chi connectivity index (χ2n) is 6.15. The van der Waals surface area contributed by atoms with Crippen LogP contribution in [0.15, 0.2) is 23.9 Å². The predicted molar refractivity (Wildman–Crippen MR) is 79.8 cm³/mol. The van der Waals surface area contributed by atoms with Crippen molar-refractivity contribution in [2.45, 2.75) is 57.7 Å². The van der Waals surface area contributed by atoms with Crippen molar-refractivity contribution in [2.75, 3.05) is 6.61 Å². The van der Waals surface area contributed by atoms with Gasteiger partial charge in [0.25, 0.3) is 0 Å². The summed E-state index contributed by atoms with van der Waals surface area (Å²) in [5.41, 5.74) is 2.30. The molecule has 114 valence electrons. The Bertz CT molecular complexity index is 541. The minimum atomic E-state index is -0.0985. The standard InChI is InChI=1S/C16H23N3O2/c1-11(2)19-14(6-8-17-19)16-13(7-9-21-16)18-15(20)10-12-4-3-5-12/h6,8,10-11,13,16H,3-5,7,9H2,1-2H3,(H,18,20)/t13-,16-/m0/s1. The Morgan fingerprint density at radius 1 is 1.52 bits per heavy atom. The fraction of sp³-hybridized carbons (Fsp3) is 0.625. The van der Waals surface area contributed by atoms with Crippen molar-refractivity contribution < 1.29 is 9.53 Å². The third kappa shape index (κ3) is 3.02. The maximum atomic E-state index is 12.1. The highest BCUT2D eigenvalue weighted by Crippen LogP contribution is 2.30. The normalized spacial score (nSPS) is 25.0. The number of hydrogen-bond donors (Lipinski definition) is 1. The van der Waals surface area contributed by atoms with Crippen LogP contribution in [0.3, 0.4) is 0 Å². The van der Waals surface area contributed by atoms with Crippen LogP contribution in [0, 0.1) is 0 Å². The van der Waals surface area contributed by atoms with Crippen molar-refractivity contribution in [3.05, 3.63) is 29.6 Å². The maximum Gasteiger partial charge on any atom is 0.244 e. The van der Waals surface area contributed by atoms with Gasteiger partial charge in [0.1, 0.15) is 6.10 Å². The quantitative estimate of drug-likeness (QED) is 0.867. The zero-order valence-electron chi connectivity index (χ0n) is 12.7. The number of aromatic nitrogens is 2. The fourth-order valence-corrected chi connectivity index (χ4v) is 2.95. The Labute approximate surface area is 125 Å². The van der Waals surface area contributed by atoms with Gasteiger partial charge < -0.3 is 10.1 Å². The molecule has 0 bridgehead atoms. The molecule has 1 saturated carbocycles. The fourth-order valence-electron chi connectivity index (χ4n) is 2.95. The van der Waals surface area contributed by atoms with Crippen molar-refractivity contribution in [3.63, 3.8) is 0 Å². The summed E-state index contributed by atoms with van der Waals surface area (Å²) < 4.78 is 7.82. The molecule has 1 aromatic rings. The molecule has 0 spiro atoms. The van der Waals surface area contributed by atoms with Crippen LogP contribution in [0.25, 0.3) is 0 Å². The summed E-state index contributed by atoms with van der Waals surface area (Å²) in [5.74, 6) is 0.0146. The second kappa shape index (κ2) is 6.02. The molecule has 2 fully saturated rings. The predicted octanol–water partition coefficient (Wildman–Crippen LogP) is 2.52. The first kappa shape index (κ1) is 14.3. The minimum Gasteiger partial charge on any atom is -0.370 e. The molecule has 1 saturated heterocycles. The molecule has 2 heterocycles. The molecular formula is C16H23N3O2. The monoisotopic (exact) mass is 289 g/mol. The largest absolute Gasteiger partial charge is 0.370 e. The lowest BCUT2D eigenvalue weighted by atomic mass is 9.92. The summed E-state index contributed by atoms with van der Waals surface area (Å²) in [6, 6.07) is 2.30. The molecule has 2 atom stereocenters. The van der Waals surface area contributed by atoms with Crippen molar-refractivity contribution in [3.8, 4) is 0 Å². The summed E-state index contributed by atoms with van der Waals surface area (Å²) in [7, 11) is 0. The minimum absolute atomic E-state index is 0.0146. The molecule has 1 N–H and O–H groups in total. The Morgan fingerprint density at radius 2 is 2.33 bits per heavy atom. The Balaban J connectivity index is 1.70. The Hall–Kier alpha value is -1.62. The van der Waals surface area contributed by atoms with E-state index in [-0.39, 0.29) is 24.1 Å². The third-order valence-electron chi connectivity index (χ3n) is 4.23. The van der Waals surface area contributed by atoms with Crippen molar-refractivity contribution >= 4 is 5.91 Å². The molecule has 0 unspecified atom stereocenters. The summed E-state index contributed by atoms with van der Waals surface area (Å²) in [6.07, 6.45) is 7.66. The van der Waals surface area contributed by atoms with Crippen LogP contribution in [0.5, 0.6) is 0 Å². The van der Waals surface area contributed by atoms with Crippen LogP contribution in [0.4, 0.5) is 0 Å². The molecule has 21 heavy (non-hydrogen) atoms. The van der Waals surface area contributed by atoms with Gasteiger partial charge in [-0.3, -0.25) is 9.48 Å². The first-order valence-corrected chi connectivity index (χ1v) is 7.80. The molecular weight excluding hydrogens is 266 g/mol. The van der Waals surface area contributed by atoms with Crippen LogP contribution in [0.1, 0.15) is 57.4 Å². The van der Waals surface area contributed by atoms with E-state index >= 15 is 0 Å². The number of nitrogens with one attached hydrogen (secondary N) is 1. The molecule has 1 aromatic heterocycles. The molecule has 3 rings (SSSR count). The van der Waals surface area contributed by atoms with Gasteiger partial charge in [0.05, 0.1) is 11.7 Å². The van der Waals surface area contributed by atoms with Gasteiger partial charge in [0.2, 0.25) is 5.91 Å². The van der Waals surface area contributed by atoms with Gasteiger partial charge in [0, 0.05) is 24.9 Å². The Kier molecular flexibility index (Phi) is 4.10. The molecule has 1 aliphatic carbocycles. The number of rotatable bonds is 4.